The fourth-order valence-corrected chi connectivity index (χ4v) is 2.73. The predicted molar refractivity (Wildman–Crippen MR) is 93.5 cm³/mol. The first-order chi connectivity index (χ1) is 12.5. The summed E-state index contributed by atoms with van der Waals surface area (Å²) in [5, 5.41) is 2.40. The van der Waals surface area contributed by atoms with Crippen LogP contribution in [0.25, 0.3) is 0 Å². The van der Waals surface area contributed by atoms with Crippen LogP contribution in [-0.4, -0.2) is 43.2 Å². The number of hydrogen-bond acceptors (Lipinski definition) is 4. The van der Waals surface area contributed by atoms with Gasteiger partial charge in [-0.05, 0) is 30.8 Å². The van der Waals surface area contributed by atoms with Crippen LogP contribution in [0.2, 0.25) is 0 Å². The summed E-state index contributed by atoms with van der Waals surface area (Å²) in [7, 11) is 0. The molecule has 1 atom stereocenters. The molecule has 0 radical (unpaired) electrons. The van der Waals surface area contributed by atoms with Gasteiger partial charge in [0, 0.05) is 12.6 Å². The molecule has 7 heteroatoms. The molecule has 0 spiro atoms. The number of rotatable bonds is 6. The number of fused-ring (bicyclic) bond motifs is 1. The molecule has 1 amide bonds. The number of carbonyl (C=O) groups excluding carboxylic acids is 1. The molecule has 2 aromatic rings. The molecule has 2 aromatic carbocycles. The summed E-state index contributed by atoms with van der Waals surface area (Å²) in [5.74, 6) is -0.338. The van der Waals surface area contributed by atoms with Crippen LogP contribution in [0.3, 0.4) is 0 Å². The minimum absolute atomic E-state index is 0.0357. The summed E-state index contributed by atoms with van der Waals surface area (Å²) in [5.41, 5.74) is -0.169. The monoisotopic (exact) mass is 362 g/mol. The third-order valence-electron chi connectivity index (χ3n) is 4.05. The lowest BCUT2D eigenvalue weighted by atomic mass is 10.2. The van der Waals surface area contributed by atoms with Crippen LogP contribution in [0.4, 0.5) is 14.5 Å². The SMILES string of the molecule is CCN(CC(=O)Nc1cc(F)ccc1F)CC1COc2ccccc2O1. The van der Waals surface area contributed by atoms with Gasteiger partial charge in [0.1, 0.15) is 24.3 Å². The van der Waals surface area contributed by atoms with E-state index in [9.17, 15) is 13.6 Å². The van der Waals surface area contributed by atoms with Crippen LogP contribution in [0.5, 0.6) is 11.5 Å². The number of anilines is 1. The molecule has 0 bridgehead atoms. The largest absolute Gasteiger partial charge is 0.486 e. The van der Waals surface area contributed by atoms with Gasteiger partial charge in [0.2, 0.25) is 5.91 Å². The molecular weight excluding hydrogens is 342 g/mol. The number of carbonyl (C=O) groups is 1. The van der Waals surface area contributed by atoms with Crippen molar-refractivity contribution in [2.24, 2.45) is 0 Å². The summed E-state index contributed by atoms with van der Waals surface area (Å²) in [4.78, 5) is 14.0. The summed E-state index contributed by atoms with van der Waals surface area (Å²) in [6.07, 6.45) is -0.219. The zero-order chi connectivity index (χ0) is 18.5. The van der Waals surface area contributed by atoms with E-state index >= 15 is 0 Å². The molecule has 5 nitrogen and oxygen atoms in total. The van der Waals surface area contributed by atoms with Crippen molar-refractivity contribution in [2.75, 3.05) is 31.6 Å². The molecule has 1 heterocycles. The topological polar surface area (TPSA) is 50.8 Å². The van der Waals surface area contributed by atoms with Gasteiger partial charge < -0.3 is 14.8 Å². The first kappa shape index (κ1) is 18.1. The molecule has 1 unspecified atom stereocenters. The van der Waals surface area contributed by atoms with Crippen molar-refractivity contribution in [2.45, 2.75) is 13.0 Å². The standard InChI is InChI=1S/C19H20F2N2O3/c1-2-23(10-14-12-25-17-5-3-4-6-18(17)26-14)11-19(24)22-16-9-13(20)7-8-15(16)21/h3-9,14H,2,10-12H2,1H3,(H,22,24). The van der Waals surface area contributed by atoms with Crippen molar-refractivity contribution in [3.8, 4) is 11.5 Å². The molecule has 0 aliphatic carbocycles. The van der Waals surface area contributed by atoms with E-state index in [0.29, 0.717) is 31.2 Å². The van der Waals surface area contributed by atoms with Crippen LogP contribution < -0.4 is 14.8 Å². The molecule has 3 rings (SSSR count). The van der Waals surface area contributed by atoms with E-state index in [-0.39, 0.29) is 18.3 Å². The molecule has 1 N–H and O–H groups in total. The van der Waals surface area contributed by atoms with Gasteiger partial charge in [0.15, 0.2) is 11.5 Å². The number of hydrogen-bond donors (Lipinski definition) is 1. The Morgan fingerprint density at radius 1 is 1.23 bits per heavy atom. The average Bonchev–Trinajstić information content (AvgIpc) is 2.64. The van der Waals surface area contributed by atoms with E-state index in [1.54, 1.807) is 0 Å². The molecule has 1 aliphatic rings. The van der Waals surface area contributed by atoms with E-state index < -0.39 is 17.5 Å². The predicted octanol–water partition coefficient (Wildman–Crippen LogP) is 3.07. The second kappa shape index (κ2) is 8.14. The van der Waals surface area contributed by atoms with E-state index in [2.05, 4.69) is 5.32 Å². The quantitative estimate of drug-likeness (QED) is 0.858. The highest BCUT2D eigenvalue weighted by Crippen LogP contribution is 2.31. The number of para-hydroxylation sites is 2. The van der Waals surface area contributed by atoms with Crippen LogP contribution in [0, 0.1) is 11.6 Å². The first-order valence-electron chi connectivity index (χ1n) is 8.41. The number of ether oxygens (including phenoxy) is 2. The number of halogens is 2. The van der Waals surface area contributed by atoms with E-state index in [0.717, 1.165) is 18.2 Å². The molecule has 138 valence electrons. The summed E-state index contributed by atoms with van der Waals surface area (Å²) < 4.78 is 38.4. The molecule has 0 aromatic heterocycles. The molecular formula is C19H20F2N2O3. The molecule has 0 fully saturated rings. The summed E-state index contributed by atoms with van der Waals surface area (Å²) in [6.45, 7) is 3.40. The minimum atomic E-state index is -0.677. The van der Waals surface area contributed by atoms with Crippen molar-refractivity contribution in [3.05, 3.63) is 54.1 Å². The summed E-state index contributed by atoms with van der Waals surface area (Å²) >= 11 is 0. The van der Waals surface area contributed by atoms with E-state index in [4.69, 9.17) is 9.47 Å². The van der Waals surface area contributed by atoms with Crippen molar-refractivity contribution in [1.29, 1.82) is 0 Å². The van der Waals surface area contributed by atoms with Crippen LogP contribution in [0.1, 0.15) is 6.92 Å². The minimum Gasteiger partial charge on any atom is -0.486 e. The van der Waals surface area contributed by atoms with Crippen LogP contribution in [0.15, 0.2) is 42.5 Å². The third-order valence-corrected chi connectivity index (χ3v) is 4.05. The fourth-order valence-electron chi connectivity index (χ4n) is 2.73. The zero-order valence-electron chi connectivity index (χ0n) is 14.4. The normalized spacial score (nSPS) is 15.8. The molecule has 0 saturated carbocycles. The Kier molecular flexibility index (Phi) is 5.68. The van der Waals surface area contributed by atoms with Gasteiger partial charge in [-0.2, -0.15) is 0 Å². The average molecular weight is 362 g/mol. The number of nitrogens with zero attached hydrogens (tertiary/aromatic N) is 1. The Hall–Kier alpha value is -2.67. The number of nitrogens with one attached hydrogen (secondary N) is 1. The second-order valence-electron chi connectivity index (χ2n) is 6.00. The highest BCUT2D eigenvalue weighted by atomic mass is 19.1. The van der Waals surface area contributed by atoms with Gasteiger partial charge >= 0.3 is 0 Å². The van der Waals surface area contributed by atoms with E-state index in [1.807, 2.05) is 36.1 Å². The Morgan fingerprint density at radius 2 is 2.00 bits per heavy atom. The lowest BCUT2D eigenvalue weighted by Crippen LogP contribution is -2.43. The second-order valence-corrected chi connectivity index (χ2v) is 6.00. The van der Waals surface area contributed by atoms with E-state index in [1.165, 1.54) is 0 Å². The lowest BCUT2D eigenvalue weighted by molar-refractivity contribution is -0.117. The van der Waals surface area contributed by atoms with Crippen molar-refractivity contribution < 1.29 is 23.0 Å². The highest BCUT2D eigenvalue weighted by molar-refractivity contribution is 5.92. The Morgan fingerprint density at radius 3 is 2.77 bits per heavy atom. The Balaban J connectivity index is 1.56. The third kappa shape index (κ3) is 4.49. The molecule has 26 heavy (non-hydrogen) atoms. The Labute approximate surface area is 150 Å². The van der Waals surface area contributed by atoms with Gasteiger partial charge in [-0.15, -0.1) is 0 Å². The smallest absolute Gasteiger partial charge is 0.238 e. The number of likely N-dealkylation sites (N-methyl/N-ethyl adjacent to an activating group) is 1. The van der Waals surface area contributed by atoms with Crippen molar-refractivity contribution >= 4 is 11.6 Å². The van der Waals surface area contributed by atoms with Crippen LogP contribution >= 0.6 is 0 Å². The first-order valence-corrected chi connectivity index (χ1v) is 8.41. The van der Waals surface area contributed by atoms with Crippen LogP contribution in [-0.2, 0) is 4.79 Å². The number of amides is 1. The lowest BCUT2D eigenvalue weighted by Gasteiger charge is -2.30. The summed E-state index contributed by atoms with van der Waals surface area (Å²) in [6, 6.07) is 10.3. The molecule has 0 saturated heterocycles. The van der Waals surface area contributed by atoms with Gasteiger partial charge in [0.25, 0.3) is 0 Å². The highest BCUT2D eigenvalue weighted by Gasteiger charge is 2.23. The number of benzene rings is 2. The Bertz CT molecular complexity index is 785. The maximum absolute atomic E-state index is 13.6. The van der Waals surface area contributed by atoms with Crippen molar-refractivity contribution in [1.82, 2.24) is 4.90 Å². The van der Waals surface area contributed by atoms with Gasteiger partial charge in [0.05, 0.1) is 12.2 Å². The molecule has 1 aliphatic heterocycles. The maximum atomic E-state index is 13.6. The van der Waals surface area contributed by atoms with Gasteiger partial charge in [-0.25, -0.2) is 8.78 Å². The van der Waals surface area contributed by atoms with Gasteiger partial charge in [-0.3, -0.25) is 9.69 Å². The maximum Gasteiger partial charge on any atom is 0.238 e. The zero-order valence-corrected chi connectivity index (χ0v) is 14.4. The van der Waals surface area contributed by atoms with Gasteiger partial charge in [-0.1, -0.05) is 19.1 Å². The fraction of sp³-hybridized carbons (Fsp3) is 0.316. The van der Waals surface area contributed by atoms with Crippen molar-refractivity contribution in [3.63, 3.8) is 0 Å².